The molecule has 3 amide bonds. The standard InChI is InChI=1S/C34H39ClN6O4/c1-19(2)37-32(43)24-11-13-26(27(35)16-24)22-7-3-20(4-8-22)15-30(39-31(42)23-9-5-21(18-36)6-10-23)33(44)38-25-12-14-28-29(17-25)41-34(45)40-28/h3-4,7-8,11-14,16-17,19,21,23,30H,5-6,9-10,15,18,36H2,1-2H3,(H,37,43)(H,38,44)(H,39,42)(H2,40,41,45)/t21-,23-,30?. The molecule has 1 heterocycles. The van der Waals surface area contributed by atoms with Gasteiger partial charge in [0.15, 0.2) is 0 Å². The van der Waals surface area contributed by atoms with Crippen LogP contribution >= 0.6 is 11.6 Å². The second kappa shape index (κ2) is 14.1. The number of carbonyl (C=O) groups excluding carboxylic acids is 3. The maximum Gasteiger partial charge on any atom is 0.323 e. The summed E-state index contributed by atoms with van der Waals surface area (Å²) in [5.74, 6) is -0.420. The number of benzene rings is 3. The predicted molar refractivity (Wildman–Crippen MR) is 177 cm³/mol. The lowest BCUT2D eigenvalue weighted by Gasteiger charge is -2.28. The lowest BCUT2D eigenvalue weighted by molar-refractivity contribution is -0.130. The molecule has 1 aliphatic rings. The molecule has 5 rings (SSSR count). The van der Waals surface area contributed by atoms with Crippen LogP contribution in [0.1, 0.15) is 55.5 Å². The molecule has 0 radical (unpaired) electrons. The van der Waals surface area contributed by atoms with E-state index in [-0.39, 0.29) is 41.8 Å². The number of nitrogens with two attached hydrogens (primary N) is 1. The highest BCUT2D eigenvalue weighted by Crippen LogP contribution is 2.30. The van der Waals surface area contributed by atoms with Crippen molar-refractivity contribution in [1.29, 1.82) is 0 Å². The van der Waals surface area contributed by atoms with E-state index in [9.17, 15) is 19.2 Å². The maximum atomic E-state index is 13.6. The van der Waals surface area contributed by atoms with Gasteiger partial charge >= 0.3 is 5.69 Å². The first-order chi connectivity index (χ1) is 21.6. The molecular formula is C34H39ClN6O4. The Hall–Kier alpha value is -4.41. The monoisotopic (exact) mass is 630 g/mol. The third-order valence-corrected chi connectivity index (χ3v) is 8.64. The first-order valence-corrected chi connectivity index (χ1v) is 15.7. The summed E-state index contributed by atoms with van der Waals surface area (Å²) in [4.78, 5) is 56.4. The van der Waals surface area contributed by atoms with Gasteiger partial charge < -0.3 is 31.7 Å². The molecule has 1 atom stereocenters. The predicted octanol–water partition coefficient (Wildman–Crippen LogP) is 4.75. The van der Waals surface area contributed by atoms with Gasteiger partial charge in [-0.3, -0.25) is 14.4 Å². The largest absolute Gasteiger partial charge is 0.350 e. The number of hydrogen-bond donors (Lipinski definition) is 6. The van der Waals surface area contributed by atoms with Gasteiger partial charge in [0.2, 0.25) is 11.8 Å². The number of amides is 3. The molecule has 11 heteroatoms. The Labute approximate surface area is 266 Å². The van der Waals surface area contributed by atoms with E-state index in [1.165, 1.54) is 0 Å². The minimum absolute atomic E-state index is 0.0127. The molecule has 4 aromatic rings. The van der Waals surface area contributed by atoms with Gasteiger partial charge in [-0.1, -0.05) is 41.9 Å². The van der Waals surface area contributed by atoms with E-state index >= 15 is 0 Å². The van der Waals surface area contributed by atoms with Crippen LogP contribution in [0.15, 0.2) is 65.5 Å². The van der Waals surface area contributed by atoms with Gasteiger partial charge in [0.1, 0.15) is 6.04 Å². The summed E-state index contributed by atoms with van der Waals surface area (Å²) < 4.78 is 0. The van der Waals surface area contributed by atoms with Gasteiger partial charge in [0, 0.05) is 40.2 Å². The van der Waals surface area contributed by atoms with Gasteiger partial charge in [-0.25, -0.2) is 4.79 Å². The number of imidazole rings is 1. The molecule has 45 heavy (non-hydrogen) atoms. The summed E-state index contributed by atoms with van der Waals surface area (Å²) in [5.41, 5.74) is 10.2. The van der Waals surface area contributed by atoms with Gasteiger partial charge in [0.05, 0.1) is 11.0 Å². The lowest BCUT2D eigenvalue weighted by atomic mass is 9.81. The SMILES string of the molecule is CC(C)NC(=O)c1ccc(-c2ccc(CC(NC(=O)[C@H]3CC[C@H](CN)CC3)C(=O)Nc3ccc4[nH]c(=O)[nH]c4c3)cc2)c(Cl)c1. The highest BCUT2D eigenvalue weighted by molar-refractivity contribution is 6.33. The summed E-state index contributed by atoms with van der Waals surface area (Å²) in [5, 5.41) is 9.23. The Morgan fingerprint density at radius 2 is 1.62 bits per heavy atom. The van der Waals surface area contributed by atoms with Crippen LogP contribution < -0.4 is 27.4 Å². The second-order valence-corrected chi connectivity index (χ2v) is 12.5. The molecule has 236 valence electrons. The summed E-state index contributed by atoms with van der Waals surface area (Å²) in [6, 6.07) is 17.1. The van der Waals surface area contributed by atoms with Crippen molar-refractivity contribution >= 4 is 46.0 Å². The van der Waals surface area contributed by atoms with Crippen LogP contribution in [-0.4, -0.2) is 46.3 Å². The molecule has 1 unspecified atom stereocenters. The summed E-state index contributed by atoms with van der Waals surface area (Å²) in [6.45, 7) is 4.41. The minimum Gasteiger partial charge on any atom is -0.350 e. The van der Waals surface area contributed by atoms with Crippen LogP contribution in [0.2, 0.25) is 5.02 Å². The normalized spacial score (nSPS) is 17.2. The van der Waals surface area contributed by atoms with Gasteiger partial charge in [-0.05, 0) is 93.5 Å². The molecule has 1 saturated carbocycles. The number of carbonyl (C=O) groups is 3. The molecule has 1 aromatic heterocycles. The number of halogens is 1. The highest BCUT2D eigenvalue weighted by Gasteiger charge is 2.29. The summed E-state index contributed by atoms with van der Waals surface area (Å²) in [7, 11) is 0. The van der Waals surface area contributed by atoms with Crippen molar-refractivity contribution in [2.24, 2.45) is 17.6 Å². The molecule has 0 aliphatic heterocycles. The average Bonchev–Trinajstić information content (AvgIpc) is 3.40. The van der Waals surface area contributed by atoms with E-state index in [0.717, 1.165) is 42.4 Å². The van der Waals surface area contributed by atoms with Crippen LogP contribution in [0, 0.1) is 11.8 Å². The van der Waals surface area contributed by atoms with Crippen molar-refractivity contribution in [2.45, 2.75) is 58.0 Å². The fraction of sp³-hybridized carbons (Fsp3) is 0.353. The van der Waals surface area contributed by atoms with Crippen molar-refractivity contribution in [3.8, 4) is 11.1 Å². The third kappa shape index (κ3) is 8.01. The number of aromatic amines is 2. The van der Waals surface area contributed by atoms with Crippen molar-refractivity contribution in [1.82, 2.24) is 20.6 Å². The van der Waals surface area contributed by atoms with E-state index in [1.54, 1.807) is 30.3 Å². The third-order valence-electron chi connectivity index (χ3n) is 8.32. The molecule has 1 fully saturated rings. The minimum atomic E-state index is -0.834. The fourth-order valence-electron chi connectivity index (χ4n) is 5.79. The number of anilines is 1. The van der Waals surface area contributed by atoms with Crippen LogP contribution in [-0.2, 0) is 16.0 Å². The van der Waals surface area contributed by atoms with Crippen LogP contribution in [0.3, 0.4) is 0 Å². The molecular weight excluding hydrogens is 592 g/mol. The number of hydrogen-bond acceptors (Lipinski definition) is 5. The van der Waals surface area contributed by atoms with Gasteiger partial charge in [-0.2, -0.15) is 0 Å². The molecule has 0 spiro atoms. The van der Waals surface area contributed by atoms with Crippen LogP contribution in [0.5, 0.6) is 0 Å². The van der Waals surface area contributed by atoms with E-state index in [2.05, 4.69) is 25.9 Å². The van der Waals surface area contributed by atoms with E-state index in [0.29, 0.717) is 39.8 Å². The number of H-pyrrole nitrogens is 2. The molecule has 7 N–H and O–H groups in total. The van der Waals surface area contributed by atoms with Gasteiger partial charge in [-0.15, -0.1) is 0 Å². The second-order valence-electron chi connectivity index (χ2n) is 12.1. The Balaban J connectivity index is 1.32. The molecule has 0 saturated heterocycles. The van der Waals surface area contributed by atoms with Gasteiger partial charge in [0.25, 0.3) is 5.91 Å². The maximum absolute atomic E-state index is 13.6. The van der Waals surface area contributed by atoms with Crippen LogP contribution in [0.25, 0.3) is 22.2 Å². The smallest absolute Gasteiger partial charge is 0.323 e. The van der Waals surface area contributed by atoms with Crippen LogP contribution in [0.4, 0.5) is 5.69 Å². The van der Waals surface area contributed by atoms with E-state index in [1.807, 2.05) is 44.2 Å². The Morgan fingerprint density at radius 1 is 0.911 bits per heavy atom. The Morgan fingerprint density at radius 3 is 2.29 bits per heavy atom. The zero-order valence-electron chi connectivity index (χ0n) is 25.4. The molecule has 10 nitrogen and oxygen atoms in total. The highest BCUT2D eigenvalue weighted by atomic mass is 35.5. The fourth-order valence-corrected chi connectivity index (χ4v) is 6.08. The van der Waals surface area contributed by atoms with E-state index in [4.69, 9.17) is 17.3 Å². The van der Waals surface area contributed by atoms with E-state index < -0.39 is 6.04 Å². The van der Waals surface area contributed by atoms with Crippen molar-refractivity contribution in [3.63, 3.8) is 0 Å². The molecule has 3 aromatic carbocycles. The number of nitrogens with one attached hydrogen (secondary N) is 5. The van der Waals surface area contributed by atoms with Crippen molar-refractivity contribution in [3.05, 3.63) is 87.3 Å². The number of aromatic nitrogens is 2. The lowest BCUT2D eigenvalue weighted by Crippen LogP contribution is -2.48. The first-order valence-electron chi connectivity index (χ1n) is 15.3. The summed E-state index contributed by atoms with van der Waals surface area (Å²) >= 11 is 6.57. The average molecular weight is 631 g/mol. The topological polar surface area (TPSA) is 162 Å². The zero-order chi connectivity index (χ0) is 32.1. The quantitative estimate of drug-likeness (QED) is 0.149. The Kier molecular flexibility index (Phi) is 10.0. The number of rotatable bonds is 10. The van der Waals surface area contributed by atoms with Crippen molar-refractivity contribution < 1.29 is 14.4 Å². The van der Waals surface area contributed by atoms with Crippen molar-refractivity contribution in [2.75, 3.05) is 11.9 Å². The first kappa shape index (κ1) is 32.0. The number of fused-ring (bicyclic) bond motifs is 1. The zero-order valence-corrected chi connectivity index (χ0v) is 26.2. The molecule has 0 bridgehead atoms. The Bertz CT molecular complexity index is 1740. The molecule has 1 aliphatic carbocycles. The summed E-state index contributed by atoms with van der Waals surface area (Å²) in [6.07, 6.45) is 3.54.